The number of ether oxygens (including phenoxy) is 2. The number of hydrogen-bond donors (Lipinski definition) is 0. The minimum Gasteiger partial charge on any atom is -0.461 e. The lowest BCUT2D eigenvalue weighted by Gasteiger charge is -2.29. The molecule has 6 heteroatoms. The molecule has 5 rings (SSSR count). The van der Waals surface area contributed by atoms with Crippen LogP contribution in [-0.2, 0) is 15.9 Å². The first kappa shape index (κ1) is 19.7. The van der Waals surface area contributed by atoms with Gasteiger partial charge in [-0.1, -0.05) is 24.3 Å². The van der Waals surface area contributed by atoms with Crippen molar-refractivity contribution in [2.24, 2.45) is 0 Å². The molecule has 0 spiro atoms. The number of carbonyl (C=O) groups is 1. The van der Waals surface area contributed by atoms with Crippen LogP contribution in [0.4, 0.5) is 10.1 Å². The summed E-state index contributed by atoms with van der Waals surface area (Å²) in [4.78, 5) is 19.3. The van der Waals surface area contributed by atoms with Crippen LogP contribution in [-0.4, -0.2) is 43.9 Å². The normalized spacial score (nSPS) is 14.8. The second kappa shape index (κ2) is 8.12. The molecule has 0 N–H and O–H groups in total. The molecule has 3 aromatic rings. The van der Waals surface area contributed by atoms with Crippen molar-refractivity contribution in [3.63, 3.8) is 0 Å². The second-order valence-corrected chi connectivity index (χ2v) is 7.69. The van der Waals surface area contributed by atoms with Gasteiger partial charge in [-0.2, -0.15) is 0 Å². The van der Waals surface area contributed by atoms with Crippen LogP contribution in [0.1, 0.15) is 28.5 Å². The third-order valence-electron chi connectivity index (χ3n) is 5.91. The highest BCUT2D eigenvalue weighted by molar-refractivity contribution is 5.98. The minimum atomic E-state index is -0.444. The van der Waals surface area contributed by atoms with Gasteiger partial charge in [-0.25, -0.2) is 14.2 Å². The summed E-state index contributed by atoms with van der Waals surface area (Å²) in [6, 6.07) is 13.0. The molecule has 0 saturated carbocycles. The molecule has 31 heavy (non-hydrogen) atoms. The fraction of sp³-hybridized carbons (Fsp3) is 0.280. The van der Waals surface area contributed by atoms with Crippen LogP contribution in [0.2, 0.25) is 0 Å². The van der Waals surface area contributed by atoms with Crippen LogP contribution in [0.3, 0.4) is 0 Å². The maximum absolute atomic E-state index is 14.7. The Balaban J connectivity index is 1.65. The molecular formula is C25H23FN2O3. The van der Waals surface area contributed by atoms with Crippen molar-refractivity contribution in [3.8, 4) is 22.3 Å². The SMILES string of the molecule is CCOC(=O)c1ncc(-c2ccccc2F)c2c1Cc1cc(N3CCOCC3)ccc1-2. The first-order valence-corrected chi connectivity index (χ1v) is 10.6. The molecule has 0 bridgehead atoms. The predicted molar refractivity (Wildman–Crippen MR) is 117 cm³/mol. The number of pyridine rings is 1. The summed E-state index contributed by atoms with van der Waals surface area (Å²) in [7, 11) is 0. The van der Waals surface area contributed by atoms with Gasteiger partial charge < -0.3 is 14.4 Å². The van der Waals surface area contributed by atoms with Gasteiger partial charge in [-0.15, -0.1) is 0 Å². The van der Waals surface area contributed by atoms with Crippen molar-refractivity contribution in [1.29, 1.82) is 0 Å². The Labute approximate surface area is 180 Å². The summed E-state index contributed by atoms with van der Waals surface area (Å²) < 4.78 is 25.4. The molecule has 1 aliphatic heterocycles. The zero-order chi connectivity index (χ0) is 21.4. The number of hydrogen-bond acceptors (Lipinski definition) is 5. The lowest BCUT2D eigenvalue weighted by Crippen LogP contribution is -2.36. The van der Waals surface area contributed by atoms with Crippen molar-refractivity contribution in [1.82, 2.24) is 4.98 Å². The molecule has 1 fully saturated rings. The van der Waals surface area contributed by atoms with E-state index in [0.29, 0.717) is 36.5 Å². The van der Waals surface area contributed by atoms with Crippen LogP contribution in [0.15, 0.2) is 48.7 Å². The lowest BCUT2D eigenvalue weighted by molar-refractivity contribution is 0.0518. The van der Waals surface area contributed by atoms with Gasteiger partial charge in [0, 0.05) is 42.5 Å². The van der Waals surface area contributed by atoms with E-state index >= 15 is 0 Å². The molecular weight excluding hydrogens is 395 g/mol. The average molecular weight is 418 g/mol. The smallest absolute Gasteiger partial charge is 0.357 e. The predicted octanol–water partition coefficient (Wildman–Crippen LogP) is 4.47. The van der Waals surface area contributed by atoms with E-state index in [1.54, 1.807) is 31.3 Å². The van der Waals surface area contributed by atoms with Gasteiger partial charge in [0.15, 0.2) is 5.69 Å². The van der Waals surface area contributed by atoms with Crippen LogP contribution in [0.5, 0.6) is 0 Å². The van der Waals surface area contributed by atoms with E-state index in [4.69, 9.17) is 9.47 Å². The Kier molecular flexibility index (Phi) is 5.16. The molecule has 2 heterocycles. The number of morpholine rings is 1. The van der Waals surface area contributed by atoms with Gasteiger partial charge in [0.25, 0.3) is 0 Å². The highest BCUT2D eigenvalue weighted by Crippen LogP contribution is 2.45. The molecule has 1 aliphatic carbocycles. The molecule has 158 valence electrons. The topological polar surface area (TPSA) is 51.7 Å². The van der Waals surface area contributed by atoms with Gasteiger partial charge >= 0.3 is 5.97 Å². The molecule has 1 aromatic heterocycles. The number of nitrogens with zero attached hydrogens (tertiary/aromatic N) is 2. The Morgan fingerprint density at radius 2 is 1.94 bits per heavy atom. The van der Waals surface area contributed by atoms with Crippen LogP contribution >= 0.6 is 0 Å². The molecule has 2 aliphatic rings. The monoisotopic (exact) mass is 418 g/mol. The summed E-state index contributed by atoms with van der Waals surface area (Å²) >= 11 is 0. The number of fused-ring (bicyclic) bond motifs is 3. The summed E-state index contributed by atoms with van der Waals surface area (Å²) in [5.74, 6) is -0.756. The van der Waals surface area contributed by atoms with Gasteiger partial charge in [-0.05, 0) is 47.4 Å². The quantitative estimate of drug-likeness (QED) is 0.458. The summed E-state index contributed by atoms with van der Waals surface area (Å²) in [5, 5.41) is 0. The molecule has 0 amide bonds. The number of rotatable bonds is 4. The van der Waals surface area contributed by atoms with Crippen molar-refractivity contribution < 1.29 is 18.7 Å². The van der Waals surface area contributed by atoms with E-state index in [9.17, 15) is 9.18 Å². The fourth-order valence-corrected chi connectivity index (χ4v) is 4.47. The minimum absolute atomic E-state index is 0.276. The van der Waals surface area contributed by atoms with E-state index in [1.807, 2.05) is 0 Å². The maximum atomic E-state index is 14.7. The van der Waals surface area contributed by atoms with E-state index in [-0.39, 0.29) is 12.4 Å². The molecule has 2 aromatic carbocycles. The van der Waals surface area contributed by atoms with E-state index in [0.717, 1.165) is 41.0 Å². The van der Waals surface area contributed by atoms with E-state index < -0.39 is 5.97 Å². The first-order chi connectivity index (χ1) is 15.2. The maximum Gasteiger partial charge on any atom is 0.357 e. The molecule has 5 nitrogen and oxygen atoms in total. The Bertz CT molecular complexity index is 1160. The Hall–Kier alpha value is -3.25. The number of benzene rings is 2. The van der Waals surface area contributed by atoms with Crippen LogP contribution in [0.25, 0.3) is 22.3 Å². The van der Waals surface area contributed by atoms with Crippen molar-refractivity contribution in [2.45, 2.75) is 13.3 Å². The zero-order valence-corrected chi connectivity index (χ0v) is 17.4. The number of halogens is 1. The standard InChI is InChI=1S/C25H23FN2O3/c1-2-31-25(29)24-20-14-16-13-17(28-9-11-30-12-10-28)7-8-18(16)23(20)21(15-27-24)19-5-3-4-6-22(19)26/h3-8,13,15H,2,9-12,14H2,1H3. The largest absolute Gasteiger partial charge is 0.461 e. The number of anilines is 1. The van der Waals surface area contributed by atoms with Gasteiger partial charge in [0.2, 0.25) is 0 Å². The van der Waals surface area contributed by atoms with Crippen molar-refractivity contribution >= 4 is 11.7 Å². The third kappa shape index (κ3) is 3.47. The highest BCUT2D eigenvalue weighted by Gasteiger charge is 2.30. The summed E-state index contributed by atoms with van der Waals surface area (Å²) in [5.41, 5.74) is 6.40. The lowest BCUT2D eigenvalue weighted by atomic mass is 9.94. The zero-order valence-electron chi connectivity index (χ0n) is 17.4. The van der Waals surface area contributed by atoms with Gasteiger partial charge in [0.1, 0.15) is 5.82 Å². The van der Waals surface area contributed by atoms with Gasteiger partial charge in [0.05, 0.1) is 19.8 Å². The van der Waals surface area contributed by atoms with E-state index in [1.165, 1.54) is 6.07 Å². The Morgan fingerprint density at radius 3 is 2.71 bits per heavy atom. The molecule has 1 saturated heterocycles. The van der Waals surface area contributed by atoms with E-state index in [2.05, 4.69) is 28.1 Å². The highest BCUT2D eigenvalue weighted by atomic mass is 19.1. The molecule has 0 radical (unpaired) electrons. The number of carbonyl (C=O) groups excluding carboxylic acids is 1. The number of aromatic nitrogens is 1. The fourth-order valence-electron chi connectivity index (χ4n) is 4.47. The van der Waals surface area contributed by atoms with Gasteiger partial charge in [-0.3, -0.25) is 0 Å². The first-order valence-electron chi connectivity index (χ1n) is 10.6. The van der Waals surface area contributed by atoms with Crippen LogP contribution in [0, 0.1) is 5.82 Å². The second-order valence-electron chi connectivity index (χ2n) is 7.69. The number of esters is 1. The average Bonchev–Trinajstić information content (AvgIpc) is 3.18. The summed E-state index contributed by atoms with van der Waals surface area (Å²) in [6.45, 7) is 5.18. The summed E-state index contributed by atoms with van der Waals surface area (Å²) in [6.07, 6.45) is 2.15. The van der Waals surface area contributed by atoms with Crippen molar-refractivity contribution in [3.05, 3.63) is 71.3 Å². The van der Waals surface area contributed by atoms with Crippen LogP contribution < -0.4 is 4.90 Å². The Morgan fingerprint density at radius 1 is 1.13 bits per heavy atom. The molecule has 0 atom stereocenters. The molecule has 0 unspecified atom stereocenters. The van der Waals surface area contributed by atoms with Crippen molar-refractivity contribution in [2.75, 3.05) is 37.8 Å². The third-order valence-corrected chi connectivity index (χ3v) is 5.91.